The fourth-order valence-electron chi connectivity index (χ4n) is 3.21. The number of sulfone groups is 1. The van der Waals surface area contributed by atoms with E-state index in [0.717, 1.165) is 5.56 Å². The highest BCUT2D eigenvalue weighted by Crippen LogP contribution is 2.27. The number of halogens is 1. The number of carboxylic acids is 1. The fraction of sp³-hybridized carbons (Fsp3) is 0.350. The highest BCUT2D eigenvalue weighted by Gasteiger charge is 2.24. The summed E-state index contributed by atoms with van der Waals surface area (Å²) in [5, 5.41) is 8.83. The van der Waals surface area contributed by atoms with E-state index in [2.05, 4.69) is 4.90 Å². The summed E-state index contributed by atoms with van der Waals surface area (Å²) in [7, 11) is -3.56. The molecular weight excluding hydrogens is 402 g/mol. The van der Waals surface area contributed by atoms with Crippen LogP contribution in [-0.2, 0) is 19.4 Å². The summed E-state index contributed by atoms with van der Waals surface area (Å²) < 4.78 is 31.5. The van der Waals surface area contributed by atoms with E-state index in [9.17, 15) is 13.2 Å². The molecule has 2 aromatic carbocycles. The number of carboxylic acid groups (broad SMARTS) is 1. The lowest BCUT2D eigenvalue weighted by Gasteiger charge is -2.32. The number of ether oxygens (including phenoxy) is 1. The summed E-state index contributed by atoms with van der Waals surface area (Å²) in [5.74, 6) is -0.816. The first kappa shape index (κ1) is 22.4. The zero-order valence-electron chi connectivity index (χ0n) is 15.6. The SMILES string of the molecule is Cc1ccccc1S(=O)(=O)c1ccc(C2CN(CCC(=O)O)CCO2)cc1.Cl. The Kier molecular flexibility index (Phi) is 7.60. The Hall–Kier alpha value is -1.93. The summed E-state index contributed by atoms with van der Waals surface area (Å²) >= 11 is 0. The lowest BCUT2D eigenvalue weighted by atomic mass is 10.1. The molecule has 28 heavy (non-hydrogen) atoms. The van der Waals surface area contributed by atoms with E-state index in [1.807, 2.05) is 6.07 Å². The summed E-state index contributed by atoms with van der Waals surface area (Å²) in [6.07, 6.45) is -0.0943. The standard InChI is InChI=1S/C20H23NO5S.ClH/c1-15-4-2-3-5-19(15)27(24,25)17-8-6-16(7-9-17)18-14-21(12-13-26-18)11-10-20(22)23;/h2-9,18H,10-14H2,1H3,(H,22,23);1H. The normalized spacial score (nSPS) is 17.7. The second-order valence-corrected chi connectivity index (χ2v) is 8.56. The molecule has 1 atom stereocenters. The van der Waals surface area contributed by atoms with Crippen molar-refractivity contribution in [2.24, 2.45) is 0 Å². The van der Waals surface area contributed by atoms with Gasteiger partial charge in [-0.15, -0.1) is 12.4 Å². The predicted octanol–water partition coefficient (Wildman–Crippen LogP) is 3.10. The largest absolute Gasteiger partial charge is 0.481 e. The molecule has 1 aliphatic rings. The number of aliphatic carboxylic acids is 1. The lowest BCUT2D eigenvalue weighted by Crippen LogP contribution is -2.39. The average molecular weight is 426 g/mol. The Bertz CT molecular complexity index is 914. The third-order valence-electron chi connectivity index (χ3n) is 4.74. The molecule has 8 heteroatoms. The maximum Gasteiger partial charge on any atom is 0.304 e. The van der Waals surface area contributed by atoms with Crippen molar-refractivity contribution in [1.29, 1.82) is 0 Å². The van der Waals surface area contributed by atoms with Crippen molar-refractivity contribution in [1.82, 2.24) is 4.90 Å². The van der Waals surface area contributed by atoms with Crippen molar-refractivity contribution in [2.45, 2.75) is 29.2 Å². The minimum absolute atomic E-state index is 0. The van der Waals surface area contributed by atoms with Crippen LogP contribution in [0.3, 0.4) is 0 Å². The van der Waals surface area contributed by atoms with Crippen molar-refractivity contribution in [3.63, 3.8) is 0 Å². The van der Waals surface area contributed by atoms with Gasteiger partial charge < -0.3 is 9.84 Å². The molecule has 0 bridgehead atoms. The third kappa shape index (κ3) is 5.11. The number of hydrogen-bond acceptors (Lipinski definition) is 5. The number of carbonyl (C=O) groups is 1. The van der Waals surface area contributed by atoms with E-state index in [-0.39, 0.29) is 29.8 Å². The topological polar surface area (TPSA) is 83.9 Å². The Morgan fingerprint density at radius 3 is 2.50 bits per heavy atom. The van der Waals surface area contributed by atoms with Gasteiger partial charge in [0.1, 0.15) is 0 Å². The van der Waals surface area contributed by atoms with Gasteiger partial charge in [0.2, 0.25) is 9.84 Å². The van der Waals surface area contributed by atoms with Crippen LogP contribution in [0.25, 0.3) is 0 Å². The lowest BCUT2D eigenvalue weighted by molar-refractivity contribution is -0.137. The first-order chi connectivity index (χ1) is 12.9. The van der Waals surface area contributed by atoms with Crippen LogP contribution in [0.15, 0.2) is 58.3 Å². The van der Waals surface area contributed by atoms with Gasteiger partial charge in [0.15, 0.2) is 0 Å². The number of rotatable bonds is 6. The molecule has 6 nitrogen and oxygen atoms in total. The van der Waals surface area contributed by atoms with Crippen LogP contribution < -0.4 is 0 Å². The quantitative estimate of drug-likeness (QED) is 0.765. The molecule has 1 aliphatic heterocycles. The van der Waals surface area contributed by atoms with Crippen molar-refractivity contribution in [2.75, 3.05) is 26.2 Å². The van der Waals surface area contributed by atoms with Crippen LogP contribution in [0, 0.1) is 6.92 Å². The van der Waals surface area contributed by atoms with Crippen molar-refractivity contribution in [3.05, 3.63) is 59.7 Å². The van der Waals surface area contributed by atoms with Crippen LogP contribution >= 0.6 is 12.4 Å². The molecule has 0 saturated carbocycles. The monoisotopic (exact) mass is 425 g/mol. The van der Waals surface area contributed by atoms with Crippen LogP contribution in [-0.4, -0.2) is 50.6 Å². The summed E-state index contributed by atoms with van der Waals surface area (Å²) in [5.41, 5.74) is 1.60. The van der Waals surface area contributed by atoms with E-state index in [0.29, 0.717) is 36.7 Å². The second-order valence-electron chi connectivity index (χ2n) is 6.64. The smallest absolute Gasteiger partial charge is 0.304 e. The van der Waals surface area contributed by atoms with Crippen molar-refractivity contribution < 1.29 is 23.1 Å². The molecule has 1 saturated heterocycles. The Morgan fingerprint density at radius 2 is 1.86 bits per heavy atom. The van der Waals surface area contributed by atoms with E-state index in [1.54, 1.807) is 49.4 Å². The molecule has 0 radical (unpaired) electrons. The van der Waals surface area contributed by atoms with Gasteiger partial charge in [-0.1, -0.05) is 30.3 Å². The molecular formula is C20H24ClNO5S. The van der Waals surface area contributed by atoms with Gasteiger partial charge in [-0.05, 0) is 36.2 Å². The molecule has 0 aromatic heterocycles. The van der Waals surface area contributed by atoms with Gasteiger partial charge in [0, 0.05) is 19.6 Å². The van der Waals surface area contributed by atoms with E-state index < -0.39 is 15.8 Å². The minimum Gasteiger partial charge on any atom is -0.481 e. The Labute approximate surface area is 171 Å². The molecule has 1 unspecified atom stereocenters. The number of hydrogen-bond donors (Lipinski definition) is 1. The zero-order valence-corrected chi connectivity index (χ0v) is 17.2. The Morgan fingerprint density at radius 1 is 1.18 bits per heavy atom. The minimum atomic E-state index is -3.56. The summed E-state index contributed by atoms with van der Waals surface area (Å²) in [4.78, 5) is 13.4. The van der Waals surface area contributed by atoms with Gasteiger partial charge in [-0.25, -0.2) is 8.42 Å². The molecule has 1 heterocycles. The molecule has 3 rings (SSSR count). The first-order valence-corrected chi connectivity index (χ1v) is 10.3. The second kappa shape index (κ2) is 9.52. The van der Waals surface area contributed by atoms with Gasteiger partial charge in [0.05, 0.1) is 28.9 Å². The first-order valence-electron chi connectivity index (χ1n) is 8.84. The zero-order chi connectivity index (χ0) is 19.4. The number of benzene rings is 2. The molecule has 1 N–H and O–H groups in total. The maximum absolute atomic E-state index is 12.8. The van der Waals surface area contributed by atoms with Crippen LogP contribution in [0.5, 0.6) is 0 Å². The molecule has 152 valence electrons. The number of morpholine rings is 1. The van der Waals surface area contributed by atoms with E-state index in [1.165, 1.54) is 0 Å². The van der Waals surface area contributed by atoms with Crippen molar-refractivity contribution in [3.8, 4) is 0 Å². The molecule has 2 aromatic rings. The van der Waals surface area contributed by atoms with Gasteiger partial charge in [-0.2, -0.15) is 0 Å². The van der Waals surface area contributed by atoms with Crippen molar-refractivity contribution >= 4 is 28.2 Å². The highest BCUT2D eigenvalue weighted by molar-refractivity contribution is 7.91. The van der Waals surface area contributed by atoms with Crippen LogP contribution in [0.4, 0.5) is 0 Å². The average Bonchev–Trinajstić information content (AvgIpc) is 2.67. The Balaban J connectivity index is 0.00000280. The summed E-state index contributed by atoms with van der Waals surface area (Å²) in [6.45, 7) is 4.08. The van der Waals surface area contributed by atoms with Crippen LogP contribution in [0.1, 0.15) is 23.7 Å². The maximum atomic E-state index is 12.8. The van der Waals surface area contributed by atoms with Gasteiger partial charge in [0.25, 0.3) is 0 Å². The number of nitrogens with zero attached hydrogens (tertiary/aromatic N) is 1. The van der Waals surface area contributed by atoms with E-state index in [4.69, 9.17) is 9.84 Å². The summed E-state index contributed by atoms with van der Waals surface area (Å²) in [6, 6.07) is 13.7. The highest BCUT2D eigenvalue weighted by atomic mass is 35.5. The van der Waals surface area contributed by atoms with Crippen LogP contribution in [0.2, 0.25) is 0 Å². The molecule has 0 aliphatic carbocycles. The predicted molar refractivity (Wildman–Crippen MR) is 108 cm³/mol. The van der Waals surface area contributed by atoms with Gasteiger partial charge >= 0.3 is 5.97 Å². The van der Waals surface area contributed by atoms with E-state index >= 15 is 0 Å². The van der Waals surface area contributed by atoms with Gasteiger partial charge in [-0.3, -0.25) is 9.69 Å². The molecule has 0 amide bonds. The molecule has 0 spiro atoms. The number of aryl methyl sites for hydroxylation is 1. The molecule has 1 fully saturated rings. The third-order valence-corrected chi connectivity index (χ3v) is 6.67. The fourth-order valence-corrected chi connectivity index (χ4v) is 4.71.